The molecule has 0 saturated heterocycles. The summed E-state index contributed by atoms with van der Waals surface area (Å²) in [6.45, 7) is 2.96. The minimum Gasteiger partial charge on any atom is -0.348 e. The monoisotopic (exact) mass is 350 g/mol. The van der Waals surface area contributed by atoms with Crippen LogP contribution < -0.4 is 5.32 Å². The van der Waals surface area contributed by atoms with Crippen LogP contribution in [0.3, 0.4) is 0 Å². The molecule has 1 atom stereocenters. The molecular formula is C18H20Cl2N2O. The Morgan fingerprint density at radius 1 is 1.17 bits per heavy atom. The summed E-state index contributed by atoms with van der Waals surface area (Å²) in [6, 6.07) is 15.2. The fraction of sp³-hybridized carbons (Fsp3) is 0.278. The smallest absolute Gasteiger partial charge is 0.234 e. The Balaban J connectivity index is 1.88. The average Bonchev–Trinajstić information content (AvgIpc) is 2.47. The molecule has 1 amide bonds. The molecule has 23 heavy (non-hydrogen) atoms. The highest BCUT2D eigenvalue weighted by Crippen LogP contribution is 2.25. The fourth-order valence-electron chi connectivity index (χ4n) is 2.41. The summed E-state index contributed by atoms with van der Waals surface area (Å²) in [7, 11) is 1.92. The van der Waals surface area contributed by atoms with Gasteiger partial charge in [0.05, 0.1) is 12.6 Å². The van der Waals surface area contributed by atoms with E-state index >= 15 is 0 Å². The summed E-state index contributed by atoms with van der Waals surface area (Å²) in [5, 5.41) is 4.11. The number of rotatable bonds is 6. The molecule has 3 nitrogen and oxygen atoms in total. The van der Waals surface area contributed by atoms with E-state index in [1.807, 2.05) is 55.3 Å². The number of carbonyl (C=O) groups is 1. The third-order valence-corrected chi connectivity index (χ3v) is 4.08. The van der Waals surface area contributed by atoms with Crippen molar-refractivity contribution in [2.24, 2.45) is 0 Å². The summed E-state index contributed by atoms with van der Waals surface area (Å²) in [5.41, 5.74) is 2.03. The molecule has 2 aromatic rings. The maximum absolute atomic E-state index is 12.2. The van der Waals surface area contributed by atoms with Crippen LogP contribution in [0.25, 0.3) is 0 Å². The van der Waals surface area contributed by atoms with Crippen LogP contribution in [0.15, 0.2) is 48.5 Å². The van der Waals surface area contributed by atoms with E-state index in [2.05, 4.69) is 5.32 Å². The normalized spacial score (nSPS) is 12.2. The third-order valence-electron chi connectivity index (χ3n) is 3.52. The molecule has 0 aliphatic heterocycles. The van der Waals surface area contributed by atoms with Crippen molar-refractivity contribution in [3.05, 3.63) is 69.7 Å². The van der Waals surface area contributed by atoms with E-state index in [4.69, 9.17) is 23.2 Å². The first-order chi connectivity index (χ1) is 11.0. The number of halogens is 2. The number of amides is 1. The van der Waals surface area contributed by atoms with Crippen LogP contribution in [-0.4, -0.2) is 24.4 Å². The van der Waals surface area contributed by atoms with Crippen LogP contribution >= 0.6 is 23.2 Å². The molecule has 0 spiro atoms. The van der Waals surface area contributed by atoms with Crippen molar-refractivity contribution in [2.45, 2.75) is 19.5 Å². The van der Waals surface area contributed by atoms with E-state index in [-0.39, 0.29) is 11.9 Å². The van der Waals surface area contributed by atoms with Gasteiger partial charge < -0.3 is 5.32 Å². The summed E-state index contributed by atoms with van der Waals surface area (Å²) in [5.74, 6) is -0.0399. The molecule has 1 N–H and O–H groups in total. The zero-order chi connectivity index (χ0) is 16.8. The molecule has 0 aliphatic carbocycles. The van der Waals surface area contributed by atoms with Crippen molar-refractivity contribution in [1.29, 1.82) is 0 Å². The zero-order valence-corrected chi connectivity index (χ0v) is 14.7. The predicted octanol–water partition coefficient (Wildman–Crippen LogP) is 4.30. The molecule has 5 heteroatoms. The second kappa shape index (κ2) is 8.34. The molecule has 1 unspecified atom stereocenters. The quantitative estimate of drug-likeness (QED) is 0.842. The number of carbonyl (C=O) groups excluding carboxylic acids is 1. The zero-order valence-electron chi connectivity index (χ0n) is 13.2. The lowest BCUT2D eigenvalue weighted by molar-refractivity contribution is -0.122. The van der Waals surface area contributed by atoms with Gasteiger partial charge in [0.2, 0.25) is 5.91 Å². The van der Waals surface area contributed by atoms with Gasteiger partial charge in [-0.05, 0) is 37.2 Å². The number of likely N-dealkylation sites (N-methyl/N-ethyl adjacent to an activating group) is 1. The average molecular weight is 351 g/mol. The van der Waals surface area contributed by atoms with E-state index in [1.54, 1.807) is 12.1 Å². The Morgan fingerprint density at radius 3 is 2.52 bits per heavy atom. The molecule has 0 fully saturated rings. The molecule has 0 bridgehead atoms. The third kappa shape index (κ3) is 5.54. The minimum atomic E-state index is -0.169. The van der Waals surface area contributed by atoms with Crippen molar-refractivity contribution in [3.63, 3.8) is 0 Å². The van der Waals surface area contributed by atoms with Gasteiger partial charge in [-0.15, -0.1) is 0 Å². The van der Waals surface area contributed by atoms with Gasteiger partial charge in [-0.1, -0.05) is 59.6 Å². The number of nitrogens with one attached hydrogen (secondary N) is 1. The SMILES string of the molecule is CC(NC(=O)CN(C)Cc1ccccc1)c1ccc(Cl)cc1Cl. The Labute approximate surface area is 147 Å². The number of hydrogen-bond acceptors (Lipinski definition) is 2. The van der Waals surface area contributed by atoms with Crippen LogP contribution in [-0.2, 0) is 11.3 Å². The van der Waals surface area contributed by atoms with Gasteiger partial charge in [0.1, 0.15) is 0 Å². The summed E-state index contributed by atoms with van der Waals surface area (Å²) < 4.78 is 0. The van der Waals surface area contributed by atoms with Crippen LogP contribution in [0.1, 0.15) is 24.1 Å². The van der Waals surface area contributed by atoms with Crippen LogP contribution in [0, 0.1) is 0 Å². The number of nitrogens with zero attached hydrogens (tertiary/aromatic N) is 1. The van der Waals surface area contributed by atoms with Crippen molar-refractivity contribution >= 4 is 29.1 Å². The van der Waals surface area contributed by atoms with Gasteiger partial charge in [-0.3, -0.25) is 9.69 Å². The van der Waals surface area contributed by atoms with Gasteiger partial charge in [0.25, 0.3) is 0 Å². The summed E-state index contributed by atoms with van der Waals surface area (Å²) >= 11 is 12.1. The Bertz CT molecular complexity index is 661. The van der Waals surface area contributed by atoms with E-state index in [0.29, 0.717) is 16.6 Å². The Morgan fingerprint density at radius 2 is 1.87 bits per heavy atom. The minimum absolute atomic E-state index is 0.0399. The predicted molar refractivity (Wildman–Crippen MR) is 95.8 cm³/mol. The molecule has 0 aromatic heterocycles. The molecule has 2 rings (SSSR count). The van der Waals surface area contributed by atoms with Gasteiger partial charge in [-0.25, -0.2) is 0 Å². The van der Waals surface area contributed by atoms with Gasteiger partial charge >= 0.3 is 0 Å². The summed E-state index contributed by atoms with van der Waals surface area (Å²) in [6.07, 6.45) is 0. The standard InChI is InChI=1S/C18H20Cl2N2O/c1-13(16-9-8-15(19)10-17(16)20)21-18(23)12-22(2)11-14-6-4-3-5-7-14/h3-10,13H,11-12H2,1-2H3,(H,21,23). The highest BCUT2D eigenvalue weighted by atomic mass is 35.5. The van der Waals surface area contributed by atoms with E-state index in [1.165, 1.54) is 5.56 Å². The van der Waals surface area contributed by atoms with E-state index in [9.17, 15) is 4.79 Å². The molecule has 0 saturated carbocycles. The highest BCUT2D eigenvalue weighted by molar-refractivity contribution is 6.35. The van der Waals surface area contributed by atoms with Crippen LogP contribution in [0.5, 0.6) is 0 Å². The van der Waals surface area contributed by atoms with Gasteiger partial charge in [0, 0.05) is 16.6 Å². The largest absolute Gasteiger partial charge is 0.348 e. The lowest BCUT2D eigenvalue weighted by Crippen LogP contribution is -2.36. The molecule has 0 aliphatic rings. The van der Waals surface area contributed by atoms with Crippen LogP contribution in [0.2, 0.25) is 10.0 Å². The summed E-state index contributed by atoms with van der Waals surface area (Å²) in [4.78, 5) is 14.2. The lowest BCUT2D eigenvalue weighted by atomic mass is 10.1. The first-order valence-electron chi connectivity index (χ1n) is 7.42. The maximum Gasteiger partial charge on any atom is 0.234 e. The fourth-order valence-corrected chi connectivity index (χ4v) is 2.99. The second-order valence-corrected chi connectivity index (χ2v) is 6.46. The molecule has 0 radical (unpaired) electrons. The van der Waals surface area contributed by atoms with Crippen molar-refractivity contribution in [3.8, 4) is 0 Å². The highest BCUT2D eigenvalue weighted by Gasteiger charge is 2.14. The number of benzene rings is 2. The molecule has 2 aromatic carbocycles. The second-order valence-electron chi connectivity index (χ2n) is 5.61. The Kier molecular flexibility index (Phi) is 6.46. The lowest BCUT2D eigenvalue weighted by Gasteiger charge is -2.20. The first kappa shape index (κ1) is 17.8. The van der Waals surface area contributed by atoms with Crippen molar-refractivity contribution in [2.75, 3.05) is 13.6 Å². The topological polar surface area (TPSA) is 32.3 Å². The first-order valence-corrected chi connectivity index (χ1v) is 8.18. The van der Waals surface area contributed by atoms with Gasteiger partial charge in [0.15, 0.2) is 0 Å². The van der Waals surface area contributed by atoms with Crippen molar-refractivity contribution < 1.29 is 4.79 Å². The Hall–Kier alpha value is -1.55. The maximum atomic E-state index is 12.2. The number of hydrogen-bond donors (Lipinski definition) is 1. The molecule has 0 heterocycles. The van der Waals surface area contributed by atoms with Gasteiger partial charge in [-0.2, -0.15) is 0 Å². The molecular weight excluding hydrogens is 331 g/mol. The molecule has 122 valence electrons. The van der Waals surface area contributed by atoms with Crippen LogP contribution in [0.4, 0.5) is 0 Å². The van der Waals surface area contributed by atoms with E-state index in [0.717, 1.165) is 12.1 Å². The van der Waals surface area contributed by atoms with Crippen molar-refractivity contribution in [1.82, 2.24) is 10.2 Å². The van der Waals surface area contributed by atoms with E-state index < -0.39 is 0 Å².